The monoisotopic (exact) mass is 446 g/mol. The van der Waals surface area contributed by atoms with E-state index in [1.54, 1.807) is 10.7 Å². The van der Waals surface area contributed by atoms with E-state index < -0.39 is 0 Å². The minimum absolute atomic E-state index is 0.0449. The van der Waals surface area contributed by atoms with Gasteiger partial charge in [-0.1, -0.05) is 30.3 Å². The second kappa shape index (κ2) is 8.30. The number of nitrogens with zero attached hydrogens (tertiary/aromatic N) is 3. The van der Waals surface area contributed by atoms with Gasteiger partial charge in [-0.3, -0.25) is 14.3 Å². The summed E-state index contributed by atoms with van der Waals surface area (Å²) in [6, 6.07) is 11.7. The van der Waals surface area contributed by atoms with Gasteiger partial charge in [0.1, 0.15) is 5.69 Å². The Kier molecular flexibility index (Phi) is 5.27. The lowest BCUT2D eigenvalue weighted by molar-refractivity contribution is -0.0564. The summed E-state index contributed by atoms with van der Waals surface area (Å²) in [4.78, 5) is 28.0. The number of amides is 2. The molecule has 0 atom stereocenters. The summed E-state index contributed by atoms with van der Waals surface area (Å²) in [5, 5.41) is 7.63. The van der Waals surface area contributed by atoms with E-state index in [4.69, 9.17) is 0 Å². The summed E-state index contributed by atoms with van der Waals surface area (Å²) >= 11 is 0. The standard InChI is InChI=1S/C27H34N4O2/c32-25(28-8-7-27-15-20-11-21(16-27)13-22(12-20)17-27)23-14-24-26(33)30(9-4-10-31(24)29-23)18-19-5-2-1-3-6-19/h1-3,5-6,14,20-22H,4,7-13,15-18H2,(H,28,32). The van der Waals surface area contributed by atoms with Crippen LogP contribution in [0.5, 0.6) is 0 Å². The van der Waals surface area contributed by atoms with Crippen molar-refractivity contribution in [3.05, 3.63) is 53.3 Å². The summed E-state index contributed by atoms with van der Waals surface area (Å²) in [6.45, 7) is 2.65. The fourth-order valence-corrected chi connectivity index (χ4v) is 7.63. The van der Waals surface area contributed by atoms with Gasteiger partial charge in [0.2, 0.25) is 0 Å². The van der Waals surface area contributed by atoms with Crippen LogP contribution in [0, 0.1) is 23.2 Å². The van der Waals surface area contributed by atoms with E-state index in [9.17, 15) is 9.59 Å². The van der Waals surface area contributed by atoms with Gasteiger partial charge in [0.25, 0.3) is 11.8 Å². The molecule has 33 heavy (non-hydrogen) atoms. The predicted molar refractivity (Wildman–Crippen MR) is 126 cm³/mol. The molecule has 4 bridgehead atoms. The highest BCUT2D eigenvalue weighted by Crippen LogP contribution is 2.61. The van der Waals surface area contributed by atoms with Crippen LogP contribution in [-0.4, -0.2) is 39.6 Å². The maximum Gasteiger partial charge on any atom is 0.272 e. The second-order valence-electron chi connectivity index (χ2n) is 11.1. The number of aryl methyl sites for hydroxylation is 1. The number of hydrogen-bond acceptors (Lipinski definition) is 3. The van der Waals surface area contributed by atoms with E-state index in [0.29, 0.717) is 43.0 Å². The lowest BCUT2D eigenvalue weighted by Gasteiger charge is -2.57. The zero-order valence-corrected chi connectivity index (χ0v) is 19.3. The van der Waals surface area contributed by atoms with Gasteiger partial charge >= 0.3 is 0 Å². The first-order valence-corrected chi connectivity index (χ1v) is 12.8. The third-order valence-corrected chi connectivity index (χ3v) is 8.64. The molecule has 4 aliphatic carbocycles. The Labute approximate surface area is 195 Å². The third kappa shape index (κ3) is 4.09. The van der Waals surface area contributed by atoms with Gasteiger partial charge in [0, 0.05) is 32.2 Å². The van der Waals surface area contributed by atoms with E-state index >= 15 is 0 Å². The summed E-state index contributed by atoms with van der Waals surface area (Å²) in [5.41, 5.74) is 2.46. The van der Waals surface area contributed by atoms with Crippen molar-refractivity contribution in [2.75, 3.05) is 13.1 Å². The zero-order valence-electron chi connectivity index (χ0n) is 19.3. The average Bonchev–Trinajstić information content (AvgIpc) is 3.16. The van der Waals surface area contributed by atoms with Crippen LogP contribution in [0.25, 0.3) is 0 Å². The number of carbonyl (C=O) groups is 2. The molecule has 4 saturated carbocycles. The molecule has 0 radical (unpaired) electrons. The molecule has 1 N–H and O–H groups in total. The Balaban J connectivity index is 1.09. The molecule has 2 heterocycles. The SMILES string of the molecule is O=C(NCCC12CC3CC(CC(C3)C1)C2)c1cc2n(n1)CCCN(Cc1ccccc1)C2=O. The maximum atomic E-state index is 13.2. The summed E-state index contributed by atoms with van der Waals surface area (Å²) in [7, 11) is 0. The lowest BCUT2D eigenvalue weighted by atomic mass is 9.49. The molecule has 0 unspecified atom stereocenters. The molecule has 1 aromatic carbocycles. The van der Waals surface area contributed by atoms with E-state index in [0.717, 1.165) is 36.2 Å². The molecule has 0 saturated heterocycles. The Hall–Kier alpha value is -2.63. The van der Waals surface area contributed by atoms with Gasteiger partial charge in [-0.2, -0.15) is 5.10 Å². The fraction of sp³-hybridized carbons (Fsp3) is 0.593. The van der Waals surface area contributed by atoms with Crippen LogP contribution < -0.4 is 5.32 Å². The van der Waals surface area contributed by atoms with Crippen LogP contribution in [0.1, 0.15) is 77.9 Å². The van der Waals surface area contributed by atoms with Crippen molar-refractivity contribution in [3.63, 3.8) is 0 Å². The van der Waals surface area contributed by atoms with Crippen LogP contribution in [0.3, 0.4) is 0 Å². The Bertz CT molecular complexity index is 1010. The molecule has 5 aliphatic rings. The molecule has 7 rings (SSSR count). The van der Waals surface area contributed by atoms with Crippen molar-refractivity contribution in [3.8, 4) is 0 Å². The fourth-order valence-electron chi connectivity index (χ4n) is 7.63. The summed E-state index contributed by atoms with van der Waals surface area (Å²) < 4.78 is 1.72. The number of hydrogen-bond donors (Lipinski definition) is 1. The first-order chi connectivity index (χ1) is 16.1. The normalized spacial score (nSPS) is 30.2. The van der Waals surface area contributed by atoms with E-state index in [-0.39, 0.29) is 11.8 Å². The number of nitrogens with one attached hydrogen (secondary N) is 1. The Morgan fingerprint density at radius 1 is 1.03 bits per heavy atom. The maximum absolute atomic E-state index is 13.2. The molecule has 6 nitrogen and oxygen atoms in total. The van der Waals surface area contributed by atoms with Crippen LogP contribution >= 0.6 is 0 Å². The molecule has 2 aromatic rings. The zero-order chi connectivity index (χ0) is 22.4. The highest BCUT2D eigenvalue weighted by Gasteiger charge is 2.50. The van der Waals surface area contributed by atoms with Crippen molar-refractivity contribution in [2.24, 2.45) is 23.2 Å². The minimum Gasteiger partial charge on any atom is -0.351 e. The molecule has 0 spiro atoms. The van der Waals surface area contributed by atoms with E-state index in [1.807, 2.05) is 35.2 Å². The van der Waals surface area contributed by atoms with Crippen LogP contribution in [-0.2, 0) is 13.1 Å². The van der Waals surface area contributed by atoms with Gasteiger partial charge in [-0.05, 0) is 80.1 Å². The lowest BCUT2D eigenvalue weighted by Crippen LogP contribution is -2.47. The summed E-state index contributed by atoms with van der Waals surface area (Å²) in [6.07, 6.45) is 10.3. The van der Waals surface area contributed by atoms with Crippen LogP contribution in [0.15, 0.2) is 36.4 Å². The van der Waals surface area contributed by atoms with E-state index in [2.05, 4.69) is 10.4 Å². The third-order valence-electron chi connectivity index (χ3n) is 8.64. The minimum atomic E-state index is -0.150. The highest BCUT2D eigenvalue weighted by molar-refractivity contribution is 5.98. The number of fused-ring (bicyclic) bond motifs is 1. The molecule has 4 fully saturated rings. The van der Waals surface area contributed by atoms with Crippen molar-refractivity contribution >= 4 is 11.8 Å². The molecule has 6 heteroatoms. The van der Waals surface area contributed by atoms with Crippen molar-refractivity contribution in [2.45, 2.75) is 64.5 Å². The Morgan fingerprint density at radius 3 is 2.42 bits per heavy atom. The van der Waals surface area contributed by atoms with Crippen LogP contribution in [0.2, 0.25) is 0 Å². The summed E-state index contributed by atoms with van der Waals surface area (Å²) in [5.74, 6) is 2.60. The van der Waals surface area contributed by atoms with Crippen molar-refractivity contribution < 1.29 is 9.59 Å². The number of carbonyl (C=O) groups excluding carboxylic acids is 2. The number of aromatic nitrogens is 2. The Morgan fingerprint density at radius 2 is 1.73 bits per heavy atom. The molecule has 1 aromatic heterocycles. The average molecular weight is 447 g/mol. The van der Waals surface area contributed by atoms with Crippen molar-refractivity contribution in [1.29, 1.82) is 0 Å². The predicted octanol–water partition coefficient (Wildman–Crippen LogP) is 4.27. The molecular weight excluding hydrogens is 412 g/mol. The van der Waals surface area contributed by atoms with Gasteiger partial charge in [0.15, 0.2) is 5.69 Å². The molecule has 2 amide bonds. The molecule has 174 valence electrons. The number of benzene rings is 1. The molecular formula is C27H34N4O2. The molecule has 1 aliphatic heterocycles. The number of rotatable bonds is 6. The van der Waals surface area contributed by atoms with E-state index in [1.165, 1.54) is 38.5 Å². The van der Waals surface area contributed by atoms with Gasteiger partial charge in [-0.25, -0.2) is 0 Å². The van der Waals surface area contributed by atoms with Crippen LogP contribution in [0.4, 0.5) is 0 Å². The van der Waals surface area contributed by atoms with Gasteiger partial charge in [-0.15, -0.1) is 0 Å². The largest absolute Gasteiger partial charge is 0.351 e. The first-order valence-electron chi connectivity index (χ1n) is 12.8. The van der Waals surface area contributed by atoms with Gasteiger partial charge in [0.05, 0.1) is 0 Å². The second-order valence-corrected chi connectivity index (χ2v) is 11.1. The quantitative estimate of drug-likeness (QED) is 0.721. The topological polar surface area (TPSA) is 67.2 Å². The smallest absolute Gasteiger partial charge is 0.272 e. The van der Waals surface area contributed by atoms with Crippen molar-refractivity contribution in [1.82, 2.24) is 20.0 Å². The first kappa shape index (κ1) is 20.9. The highest BCUT2D eigenvalue weighted by atomic mass is 16.2. The van der Waals surface area contributed by atoms with Gasteiger partial charge < -0.3 is 10.2 Å².